The van der Waals surface area contributed by atoms with Crippen molar-refractivity contribution in [1.29, 1.82) is 0 Å². The second-order valence-corrected chi connectivity index (χ2v) is 7.04. The van der Waals surface area contributed by atoms with Gasteiger partial charge in [-0.05, 0) is 69.2 Å². The van der Waals surface area contributed by atoms with Crippen LogP contribution in [0.25, 0.3) is 0 Å². The first-order valence-corrected chi connectivity index (χ1v) is 8.92. The molecule has 1 aromatic carbocycles. The molecule has 1 spiro atoms. The van der Waals surface area contributed by atoms with Gasteiger partial charge in [-0.2, -0.15) is 0 Å². The molecular formula is C19H28N2O2. The molecule has 0 aliphatic carbocycles. The largest absolute Gasteiger partial charge is 0.481 e. The van der Waals surface area contributed by atoms with Crippen LogP contribution in [0.4, 0.5) is 0 Å². The van der Waals surface area contributed by atoms with Crippen LogP contribution in [-0.4, -0.2) is 31.6 Å². The van der Waals surface area contributed by atoms with E-state index >= 15 is 0 Å². The molecule has 0 bridgehead atoms. The molecule has 0 radical (unpaired) electrons. The number of rotatable bonds is 0. The molecule has 1 amide bonds. The van der Waals surface area contributed by atoms with Gasteiger partial charge in [-0.25, -0.2) is 0 Å². The van der Waals surface area contributed by atoms with Gasteiger partial charge in [-0.1, -0.05) is 24.6 Å². The molecule has 23 heavy (non-hydrogen) atoms. The van der Waals surface area contributed by atoms with Crippen LogP contribution in [0.15, 0.2) is 24.3 Å². The molecule has 4 nitrogen and oxygen atoms in total. The fraction of sp³-hybridized carbons (Fsp3) is 0.632. The Morgan fingerprint density at radius 1 is 1.13 bits per heavy atom. The molecule has 1 saturated heterocycles. The molecule has 3 rings (SSSR count). The number of piperidine rings is 1. The summed E-state index contributed by atoms with van der Waals surface area (Å²) in [5, 5.41) is 6.59. The smallest absolute Gasteiger partial charge is 0.260 e. The third-order valence-corrected chi connectivity index (χ3v) is 5.35. The summed E-state index contributed by atoms with van der Waals surface area (Å²) in [6.07, 6.45) is 6.47. The van der Waals surface area contributed by atoms with Gasteiger partial charge in [-0.15, -0.1) is 0 Å². The van der Waals surface area contributed by atoms with Crippen molar-refractivity contribution in [3.8, 4) is 5.75 Å². The van der Waals surface area contributed by atoms with E-state index in [-0.39, 0.29) is 11.3 Å². The van der Waals surface area contributed by atoms with Crippen molar-refractivity contribution in [2.45, 2.75) is 51.6 Å². The molecule has 4 heteroatoms. The fourth-order valence-corrected chi connectivity index (χ4v) is 3.78. The summed E-state index contributed by atoms with van der Waals surface area (Å²) in [7, 11) is 0. The van der Waals surface area contributed by atoms with E-state index in [1.807, 2.05) is 25.1 Å². The molecule has 2 heterocycles. The number of hydrogen-bond acceptors (Lipinski definition) is 3. The first kappa shape index (κ1) is 16.3. The number of amides is 1. The molecule has 2 N–H and O–H groups in total. The highest BCUT2D eigenvalue weighted by Gasteiger charge is 2.32. The van der Waals surface area contributed by atoms with Gasteiger partial charge in [-0.3, -0.25) is 4.79 Å². The number of nitrogens with one attached hydrogen (secondary N) is 2. The van der Waals surface area contributed by atoms with Crippen LogP contribution in [-0.2, 0) is 11.2 Å². The van der Waals surface area contributed by atoms with Gasteiger partial charge in [0.25, 0.3) is 5.91 Å². The second kappa shape index (κ2) is 7.35. The summed E-state index contributed by atoms with van der Waals surface area (Å²) in [4.78, 5) is 12.4. The zero-order chi connectivity index (χ0) is 16.1. The minimum atomic E-state index is -0.450. The minimum Gasteiger partial charge on any atom is -0.481 e. The standard InChI is InChI=1S/C19H28N2O2/c1-15-18(22)21-14-19(10-12-20-13-11-19)9-5-4-7-16-6-2-3-8-17(16)23-15/h2-3,6,8,15,20H,4-5,7,9-14H2,1H3,(H,21,22)/t15-/m1/s1. The predicted octanol–water partition coefficient (Wildman–Crippen LogP) is 2.67. The number of ether oxygens (including phenoxy) is 1. The molecule has 0 saturated carbocycles. The lowest BCUT2D eigenvalue weighted by Crippen LogP contribution is -2.47. The van der Waals surface area contributed by atoms with Gasteiger partial charge < -0.3 is 15.4 Å². The lowest BCUT2D eigenvalue weighted by Gasteiger charge is -2.38. The summed E-state index contributed by atoms with van der Waals surface area (Å²) >= 11 is 0. The van der Waals surface area contributed by atoms with Crippen molar-refractivity contribution in [2.75, 3.05) is 19.6 Å². The van der Waals surface area contributed by atoms with Gasteiger partial charge in [0.05, 0.1) is 0 Å². The van der Waals surface area contributed by atoms with E-state index < -0.39 is 6.10 Å². The monoisotopic (exact) mass is 316 g/mol. The third-order valence-electron chi connectivity index (χ3n) is 5.35. The Hall–Kier alpha value is -1.55. The lowest BCUT2D eigenvalue weighted by molar-refractivity contribution is -0.128. The SMILES string of the molecule is C[C@H]1Oc2ccccc2CCCCC2(CCNCC2)CNC1=O. The van der Waals surface area contributed by atoms with Crippen molar-refractivity contribution in [1.82, 2.24) is 10.6 Å². The fourth-order valence-electron chi connectivity index (χ4n) is 3.78. The molecule has 2 aliphatic heterocycles. The van der Waals surface area contributed by atoms with Gasteiger partial charge >= 0.3 is 0 Å². The number of carbonyl (C=O) groups is 1. The number of para-hydroxylation sites is 1. The minimum absolute atomic E-state index is 0.00159. The van der Waals surface area contributed by atoms with Crippen LogP contribution in [0.1, 0.15) is 44.6 Å². The van der Waals surface area contributed by atoms with Gasteiger partial charge in [0.15, 0.2) is 6.10 Å². The summed E-state index contributed by atoms with van der Waals surface area (Å²) in [6, 6.07) is 8.11. The Morgan fingerprint density at radius 2 is 1.91 bits per heavy atom. The Morgan fingerprint density at radius 3 is 2.74 bits per heavy atom. The summed E-state index contributed by atoms with van der Waals surface area (Å²) in [5.41, 5.74) is 1.48. The first-order chi connectivity index (χ1) is 11.2. The quantitative estimate of drug-likeness (QED) is 0.774. The number of hydrogen-bond donors (Lipinski definition) is 2. The van der Waals surface area contributed by atoms with Gasteiger partial charge in [0.2, 0.25) is 0 Å². The average molecular weight is 316 g/mol. The molecular weight excluding hydrogens is 288 g/mol. The van der Waals surface area contributed by atoms with Crippen LogP contribution in [0, 0.1) is 5.41 Å². The number of carbonyl (C=O) groups excluding carboxylic acids is 1. The van der Waals surface area contributed by atoms with Crippen LogP contribution in [0.5, 0.6) is 5.75 Å². The molecule has 0 aromatic heterocycles. The third kappa shape index (κ3) is 4.05. The van der Waals surface area contributed by atoms with Crippen LogP contribution in [0.3, 0.4) is 0 Å². The number of aryl methyl sites for hydroxylation is 1. The zero-order valence-corrected chi connectivity index (χ0v) is 14.1. The van der Waals surface area contributed by atoms with Crippen LogP contribution >= 0.6 is 0 Å². The topological polar surface area (TPSA) is 50.4 Å². The van der Waals surface area contributed by atoms with Crippen molar-refractivity contribution in [3.63, 3.8) is 0 Å². The molecule has 2 aliphatic rings. The Kier molecular flexibility index (Phi) is 5.21. The maximum absolute atomic E-state index is 12.4. The molecule has 0 unspecified atom stereocenters. The van der Waals surface area contributed by atoms with Crippen molar-refractivity contribution in [2.24, 2.45) is 5.41 Å². The number of benzene rings is 1. The van der Waals surface area contributed by atoms with Crippen molar-refractivity contribution < 1.29 is 9.53 Å². The normalized spacial score (nSPS) is 25.4. The molecule has 1 fully saturated rings. The van der Waals surface area contributed by atoms with Gasteiger partial charge in [0.1, 0.15) is 5.75 Å². The maximum Gasteiger partial charge on any atom is 0.260 e. The first-order valence-electron chi connectivity index (χ1n) is 8.92. The summed E-state index contributed by atoms with van der Waals surface area (Å²) in [5.74, 6) is 0.852. The summed E-state index contributed by atoms with van der Waals surface area (Å²) in [6.45, 7) is 4.74. The van der Waals surface area contributed by atoms with E-state index in [2.05, 4.69) is 16.7 Å². The van der Waals surface area contributed by atoms with E-state index in [0.717, 1.165) is 44.6 Å². The van der Waals surface area contributed by atoms with Gasteiger partial charge in [0, 0.05) is 6.54 Å². The van der Waals surface area contributed by atoms with E-state index in [1.54, 1.807) is 0 Å². The van der Waals surface area contributed by atoms with Crippen LogP contribution in [0.2, 0.25) is 0 Å². The Bertz CT molecular complexity index is 538. The molecule has 126 valence electrons. The van der Waals surface area contributed by atoms with E-state index in [1.165, 1.54) is 24.8 Å². The second-order valence-electron chi connectivity index (χ2n) is 7.04. The average Bonchev–Trinajstić information content (AvgIpc) is 2.58. The number of fused-ring (bicyclic) bond motifs is 1. The van der Waals surface area contributed by atoms with Crippen LogP contribution < -0.4 is 15.4 Å². The summed E-state index contributed by atoms with van der Waals surface area (Å²) < 4.78 is 5.93. The predicted molar refractivity (Wildman–Crippen MR) is 91.6 cm³/mol. The van der Waals surface area contributed by atoms with Crippen molar-refractivity contribution >= 4 is 5.91 Å². The molecule has 1 aromatic rings. The Balaban J connectivity index is 1.76. The highest BCUT2D eigenvalue weighted by Crippen LogP contribution is 2.34. The lowest BCUT2D eigenvalue weighted by atomic mass is 9.74. The van der Waals surface area contributed by atoms with E-state index in [4.69, 9.17) is 4.74 Å². The molecule has 1 atom stereocenters. The zero-order valence-electron chi connectivity index (χ0n) is 14.1. The highest BCUT2D eigenvalue weighted by atomic mass is 16.5. The highest BCUT2D eigenvalue weighted by molar-refractivity contribution is 5.80. The van der Waals surface area contributed by atoms with E-state index in [9.17, 15) is 4.79 Å². The Labute approximate surface area is 139 Å². The maximum atomic E-state index is 12.4. The van der Waals surface area contributed by atoms with E-state index in [0.29, 0.717) is 0 Å². The van der Waals surface area contributed by atoms with Crippen molar-refractivity contribution in [3.05, 3.63) is 29.8 Å².